The van der Waals surface area contributed by atoms with Crippen molar-refractivity contribution < 1.29 is 9.53 Å². The fourth-order valence-electron chi connectivity index (χ4n) is 2.47. The molecule has 5 nitrogen and oxygen atoms in total. The lowest BCUT2D eigenvalue weighted by molar-refractivity contribution is -0.118. The summed E-state index contributed by atoms with van der Waals surface area (Å²) in [5, 5.41) is 8.64. The van der Waals surface area contributed by atoms with Gasteiger partial charge in [0.1, 0.15) is 17.2 Å². The summed E-state index contributed by atoms with van der Waals surface area (Å²) in [6.45, 7) is 1.49. The predicted octanol–water partition coefficient (Wildman–Crippen LogP) is 5.35. The molecule has 0 bridgehead atoms. The van der Waals surface area contributed by atoms with Gasteiger partial charge in [-0.2, -0.15) is 5.11 Å². The molecule has 0 aliphatic carbocycles. The molecule has 1 atom stereocenters. The first-order valence-corrected chi connectivity index (χ1v) is 8.70. The molecular formula is C22H21N3O2. The van der Waals surface area contributed by atoms with Gasteiger partial charge in [0, 0.05) is 0 Å². The zero-order valence-electron chi connectivity index (χ0n) is 15.1. The quantitative estimate of drug-likeness (QED) is 0.577. The summed E-state index contributed by atoms with van der Waals surface area (Å²) < 4.78 is 5.95. The molecule has 0 aliphatic rings. The topological polar surface area (TPSA) is 77.0 Å². The molecule has 136 valence electrons. The van der Waals surface area contributed by atoms with Crippen molar-refractivity contribution in [2.75, 3.05) is 0 Å². The van der Waals surface area contributed by atoms with Gasteiger partial charge in [0.15, 0.2) is 5.75 Å². The molecule has 3 aromatic rings. The highest BCUT2D eigenvalue weighted by Crippen LogP contribution is 2.34. The number of carbonyl (C=O) groups is 1. The Bertz CT molecular complexity index is 925. The zero-order chi connectivity index (χ0) is 19.1. The normalized spacial score (nSPS) is 12.1. The Balaban J connectivity index is 1.91. The van der Waals surface area contributed by atoms with Crippen LogP contribution in [0.1, 0.15) is 12.5 Å². The van der Waals surface area contributed by atoms with Gasteiger partial charge in [0.2, 0.25) is 0 Å². The highest BCUT2D eigenvalue weighted by molar-refractivity contribution is 5.81. The Morgan fingerprint density at radius 1 is 0.963 bits per heavy atom. The Morgan fingerprint density at radius 2 is 1.63 bits per heavy atom. The molecule has 5 heteroatoms. The third-order valence-electron chi connectivity index (χ3n) is 4.00. The van der Waals surface area contributed by atoms with Crippen molar-refractivity contribution in [2.45, 2.75) is 19.4 Å². The molecule has 0 saturated heterocycles. The lowest BCUT2D eigenvalue weighted by atomic mass is 10.0. The number of para-hydroxylation sites is 1. The summed E-state index contributed by atoms with van der Waals surface area (Å²) in [5.41, 5.74) is 8.12. The number of nitrogens with zero attached hydrogens (tertiary/aromatic N) is 2. The predicted molar refractivity (Wildman–Crippen MR) is 106 cm³/mol. The number of azo groups is 1. The van der Waals surface area contributed by atoms with Crippen LogP contribution in [-0.2, 0) is 11.2 Å². The van der Waals surface area contributed by atoms with Crippen LogP contribution in [0.3, 0.4) is 0 Å². The van der Waals surface area contributed by atoms with Crippen LogP contribution in [-0.4, -0.2) is 11.8 Å². The Labute approximate surface area is 158 Å². The van der Waals surface area contributed by atoms with Crippen LogP contribution >= 0.6 is 0 Å². The number of Topliss-reactive ketones (excluding diaryl/α,β-unsaturated/α-hetero) is 1. The smallest absolute Gasteiger partial charge is 0.154 e. The van der Waals surface area contributed by atoms with E-state index in [0.29, 0.717) is 23.6 Å². The Morgan fingerprint density at radius 3 is 2.30 bits per heavy atom. The maximum atomic E-state index is 11.5. The van der Waals surface area contributed by atoms with Crippen molar-refractivity contribution in [3.8, 4) is 11.5 Å². The molecule has 27 heavy (non-hydrogen) atoms. The number of nitrogens with two attached hydrogens (primary N) is 1. The number of carbonyl (C=O) groups excluding carboxylic acids is 1. The second-order valence-electron chi connectivity index (χ2n) is 6.17. The monoisotopic (exact) mass is 359 g/mol. The van der Waals surface area contributed by atoms with Gasteiger partial charge >= 0.3 is 0 Å². The van der Waals surface area contributed by atoms with E-state index in [2.05, 4.69) is 10.2 Å². The van der Waals surface area contributed by atoms with Gasteiger partial charge in [-0.3, -0.25) is 4.79 Å². The molecule has 0 amide bonds. The van der Waals surface area contributed by atoms with Crippen molar-refractivity contribution in [2.24, 2.45) is 16.0 Å². The first-order valence-electron chi connectivity index (χ1n) is 8.70. The first-order chi connectivity index (χ1) is 13.1. The molecule has 0 saturated carbocycles. The van der Waals surface area contributed by atoms with E-state index in [1.165, 1.54) is 6.92 Å². The van der Waals surface area contributed by atoms with Crippen molar-refractivity contribution in [3.05, 3.63) is 84.4 Å². The fourth-order valence-corrected chi connectivity index (χ4v) is 2.47. The van der Waals surface area contributed by atoms with E-state index >= 15 is 0 Å². The van der Waals surface area contributed by atoms with Gasteiger partial charge in [0.25, 0.3) is 0 Å². The van der Waals surface area contributed by atoms with Crippen molar-refractivity contribution in [1.29, 1.82) is 0 Å². The highest BCUT2D eigenvalue weighted by Gasteiger charge is 2.12. The minimum atomic E-state index is -0.537. The van der Waals surface area contributed by atoms with Gasteiger partial charge in [-0.25, -0.2) is 0 Å². The summed E-state index contributed by atoms with van der Waals surface area (Å²) in [7, 11) is 0. The van der Waals surface area contributed by atoms with Gasteiger partial charge in [-0.05, 0) is 55.3 Å². The number of benzene rings is 3. The number of hydrogen-bond acceptors (Lipinski definition) is 5. The first kappa shape index (κ1) is 18.5. The molecule has 3 rings (SSSR count). The zero-order valence-corrected chi connectivity index (χ0v) is 15.1. The summed E-state index contributed by atoms with van der Waals surface area (Å²) in [5.74, 6) is 1.25. The average molecular weight is 359 g/mol. The summed E-state index contributed by atoms with van der Waals surface area (Å²) in [4.78, 5) is 11.5. The number of hydrogen-bond donors (Lipinski definition) is 1. The lowest BCUT2D eigenvalue weighted by Crippen LogP contribution is -2.30. The van der Waals surface area contributed by atoms with Crippen LogP contribution in [0.2, 0.25) is 0 Å². The molecule has 0 aromatic heterocycles. The number of ketones is 1. The lowest BCUT2D eigenvalue weighted by Gasteiger charge is -2.12. The standard InChI is InChI=1S/C22H21N3O2/c1-16(26)20(23)14-17-12-13-22(27-19-10-6-3-7-11-19)21(15-17)25-24-18-8-4-2-5-9-18/h2-13,15,20H,14,23H2,1H3/b25-24+. The SMILES string of the molecule is CC(=O)C(N)Cc1ccc(Oc2ccccc2)c(/N=N/c2ccccc2)c1. The molecule has 0 radical (unpaired) electrons. The van der Waals surface area contributed by atoms with Crippen LogP contribution in [0.4, 0.5) is 11.4 Å². The number of ether oxygens (including phenoxy) is 1. The second kappa shape index (κ2) is 8.87. The Kier molecular flexibility index (Phi) is 6.07. The molecular weight excluding hydrogens is 338 g/mol. The van der Waals surface area contributed by atoms with Crippen molar-refractivity contribution >= 4 is 17.2 Å². The molecule has 0 spiro atoms. The molecule has 1 unspecified atom stereocenters. The van der Waals surface area contributed by atoms with Crippen molar-refractivity contribution in [3.63, 3.8) is 0 Å². The van der Waals surface area contributed by atoms with Crippen LogP contribution in [0.25, 0.3) is 0 Å². The minimum absolute atomic E-state index is 0.0490. The van der Waals surface area contributed by atoms with Gasteiger partial charge < -0.3 is 10.5 Å². The van der Waals surface area contributed by atoms with Gasteiger partial charge in [-0.15, -0.1) is 5.11 Å². The van der Waals surface area contributed by atoms with Crippen molar-refractivity contribution in [1.82, 2.24) is 0 Å². The molecule has 0 aliphatic heterocycles. The molecule has 2 N–H and O–H groups in total. The largest absolute Gasteiger partial charge is 0.455 e. The summed E-state index contributed by atoms with van der Waals surface area (Å²) in [6.07, 6.45) is 0.439. The average Bonchev–Trinajstić information content (AvgIpc) is 2.69. The van der Waals surface area contributed by atoms with Crippen LogP contribution in [0, 0.1) is 0 Å². The molecule has 0 fully saturated rings. The van der Waals surface area contributed by atoms with E-state index in [0.717, 1.165) is 11.3 Å². The third-order valence-corrected chi connectivity index (χ3v) is 4.00. The van der Waals surface area contributed by atoms with E-state index in [1.54, 1.807) is 0 Å². The highest BCUT2D eigenvalue weighted by atomic mass is 16.5. The van der Waals surface area contributed by atoms with E-state index in [1.807, 2.05) is 78.9 Å². The maximum Gasteiger partial charge on any atom is 0.154 e. The van der Waals surface area contributed by atoms with Crippen LogP contribution < -0.4 is 10.5 Å². The van der Waals surface area contributed by atoms with Gasteiger partial charge in [0.05, 0.1) is 11.7 Å². The minimum Gasteiger partial charge on any atom is -0.455 e. The number of rotatable bonds is 7. The Hall–Kier alpha value is -3.31. The van der Waals surface area contributed by atoms with E-state index in [9.17, 15) is 4.79 Å². The summed E-state index contributed by atoms with van der Waals surface area (Å²) in [6, 6.07) is 24.0. The van der Waals surface area contributed by atoms with Crippen LogP contribution in [0.15, 0.2) is 89.1 Å². The fraction of sp³-hybridized carbons (Fsp3) is 0.136. The third kappa shape index (κ3) is 5.33. The van der Waals surface area contributed by atoms with Crippen LogP contribution in [0.5, 0.6) is 11.5 Å². The summed E-state index contributed by atoms with van der Waals surface area (Å²) >= 11 is 0. The van der Waals surface area contributed by atoms with E-state index in [-0.39, 0.29) is 5.78 Å². The second-order valence-corrected chi connectivity index (χ2v) is 6.17. The molecule has 0 heterocycles. The van der Waals surface area contributed by atoms with E-state index in [4.69, 9.17) is 10.5 Å². The maximum absolute atomic E-state index is 11.5. The molecule has 3 aromatic carbocycles. The van der Waals surface area contributed by atoms with Gasteiger partial charge in [-0.1, -0.05) is 42.5 Å². The van der Waals surface area contributed by atoms with E-state index < -0.39 is 6.04 Å².